The lowest BCUT2D eigenvalue weighted by molar-refractivity contribution is 0.100. The predicted molar refractivity (Wildman–Crippen MR) is 120 cm³/mol. The first-order chi connectivity index (χ1) is 15.0. The first kappa shape index (κ1) is 20.2. The number of nitrogens with two attached hydrogens (primary N) is 2. The fourth-order valence-electron chi connectivity index (χ4n) is 3.29. The third-order valence-electron chi connectivity index (χ3n) is 4.86. The van der Waals surface area contributed by atoms with Crippen LogP contribution in [0.3, 0.4) is 0 Å². The Morgan fingerprint density at radius 1 is 1.03 bits per heavy atom. The van der Waals surface area contributed by atoms with E-state index in [0.717, 1.165) is 22.5 Å². The predicted octanol–water partition coefficient (Wildman–Crippen LogP) is 3.72. The summed E-state index contributed by atoms with van der Waals surface area (Å²) >= 11 is 0. The standard InChI is InChI=1S/C23H21FN6O/c24-18-12-17(21(26)31)22(28-16-8-9-19-15(11-16)7-4-10-27-19)30-23(18)29-20(13-25)14-5-2-1-3-6-14/h1-12,20H,13,25H2,(H2,26,31)(H2,28,29,30). The van der Waals surface area contributed by atoms with Crippen LogP contribution in [0.15, 0.2) is 72.9 Å². The topological polar surface area (TPSA) is 119 Å². The van der Waals surface area contributed by atoms with Gasteiger partial charge in [0.25, 0.3) is 5.91 Å². The number of carbonyl (C=O) groups excluding carboxylic acids is 1. The first-order valence-electron chi connectivity index (χ1n) is 9.69. The number of benzene rings is 2. The summed E-state index contributed by atoms with van der Waals surface area (Å²) in [7, 11) is 0. The van der Waals surface area contributed by atoms with E-state index in [9.17, 15) is 9.18 Å². The summed E-state index contributed by atoms with van der Waals surface area (Å²) in [6.45, 7) is 0.225. The van der Waals surface area contributed by atoms with Crippen molar-refractivity contribution >= 4 is 34.1 Å². The number of primary amides is 1. The van der Waals surface area contributed by atoms with Crippen molar-refractivity contribution in [1.29, 1.82) is 0 Å². The van der Waals surface area contributed by atoms with Crippen molar-refractivity contribution in [2.45, 2.75) is 6.04 Å². The monoisotopic (exact) mass is 416 g/mol. The van der Waals surface area contributed by atoms with Gasteiger partial charge in [-0.3, -0.25) is 9.78 Å². The van der Waals surface area contributed by atoms with Crippen LogP contribution >= 0.6 is 0 Å². The highest BCUT2D eigenvalue weighted by atomic mass is 19.1. The van der Waals surface area contributed by atoms with Gasteiger partial charge in [-0.15, -0.1) is 0 Å². The Morgan fingerprint density at radius 2 is 1.84 bits per heavy atom. The SMILES string of the molecule is NCC(Nc1nc(Nc2ccc3ncccc3c2)c(C(N)=O)cc1F)c1ccccc1. The van der Waals surface area contributed by atoms with E-state index in [-0.39, 0.29) is 29.8 Å². The Morgan fingerprint density at radius 3 is 2.58 bits per heavy atom. The molecule has 1 amide bonds. The van der Waals surface area contributed by atoms with E-state index in [4.69, 9.17) is 11.5 Å². The van der Waals surface area contributed by atoms with Crippen LogP contribution in [0.25, 0.3) is 10.9 Å². The Labute approximate surface area is 178 Å². The third kappa shape index (κ3) is 4.44. The summed E-state index contributed by atoms with van der Waals surface area (Å²) in [5.74, 6) is -1.38. The van der Waals surface area contributed by atoms with Crippen LogP contribution in [0.5, 0.6) is 0 Å². The minimum atomic E-state index is -0.790. The molecule has 8 heteroatoms. The highest BCUT2D eigenvalue weighted by Gasteiger charge is 2.19. The molecule has 0 aliphatic carbocycles. The number of hydrogen-bond donors (Lipinski definition) is 4. The molecule has 31 heavy (non-hydrogen) atoms. The summed E-state index contributed by atoms with van der Waals surface area (Å²) in [5.41, 5.74) is 13.7. The molecule has 0 aliphatic rings. The Balaban J connectivity index is 1.69. The number of nitrogens with one attached hydrogen (secondary N) is 2. The first-order valence-corrected chi connectivity index (χ1v) is 9.69. The molecule has 0 radical (unpaired) electrons. The molecule has 156 valence electrons. The zero-order valence-electron chi connectivity index (χ0n) is 16.5. The molecule has 0 aliphatic heterocycles. The minimum absolute atomic E-state index is 0.0331. The highest BCUT2D eigenvalue weighted by molar-refractivity contribution is 5.99. The number of aromatic nitrogens is 2. The number of nitrogens with zero attached hydrogens (tertiary/aromatic N) is 2. The number of pyridine rings is 2. The third-order valence-corrected chi connectivity index (χ3v) is 4.86. The lowest BCUT2D eigenvalue weighted by Gasteiger charge is -2.20. The molecule has 4 aromatic rings. The van der Waals surface area contributed by atoms with Crippen molar-refractivity contribution in [3.8, 4) is 0 Å². The van der Waals surface area contributed by atoms with Gasteiger partial charge in [0, 0.05) is 23.8 Å². The number of fused-ring (bicyclic) bond motifs is 1. The van der Waals surface area contributed by atoms with Crippen molar-refractivity contribution in [3.05, 3.63) is 89.9 Å². The lowest BCUT2D eigenvalue weighted by atomic mass is 10.1. The van der Waals surface area contributed by atoms with Crippen molar-refractivity contribution in [3.63, 3.8) is 0 Å². The smallest absolute Gasteiger partial charge is 0.252 e. The van der Waals surface area contributed by atoms with E-state index < -0.39 is 11.7 Å². The second kappa shape index (κ2) is 8.76. The van der Waals surface area contributed by atoms with E-state index in [1.807, 2.05) is 54.6 Å². The average molecular weight is 416 g/mol. The fraction of sp³-hybridized carbons (Fsp3) is 0.0870. The molecule has 2 aromatic carbocycles. The summed E-state index contributed by atoms with van der Waals surface area (Å²) in [6.07, 6.45) is 1.71. The van der Waals surface area contributed by atoms with Crippen molar-refractivity contribution in [2.24, 2.45) is 11.5 Å². The van der Waals surface area contributed by atoms with Gasteiger partial charge < -0.3 is 22.1 Å². The highest BCUT2D eigenvalue weighted by Crippen LogP contribution is 2.27. The van der Waals surface area contributed by atoms with E-state index in [0.29, 0.717) is 5.69 Å². The molecule has 7 nitrogen and oxygen atoms in total. The quantitative estimate of drug-likeness (QED) is 0.365. The largest absolute Gasteiger partial charge is 0.365 e. The number of hydrogen-bond acceptors (Lipinski definition) is 6. The van der Waals surface area contributed by atoms with E-state index in [1.165, 1.54) is 0 Å². The van der Waals surface area contributed by atoms with Gasteiger partial charge in [-0.2, -0.15) is 0 Å². The summed E-state index contributed by atoms with van der Waals surface area (Å²) < 4.78 is 14.7. The molecule has 1 unspecified atom stereocenters. The van der Waals surface area contributed by atoms with Crippen LogP contribution in [0, 0.1) is 5.82 Å². The van der Waals surface area contributed by atoms with Crippen LogP contribution in [0.1, 0.15) is 22.0 Å². The summed E-state index contributed by atoms with van der Waals surface area (Å²) in [5, 5.41) is 6.99. The Kier molecular flexibility index (Phi) is 5.72. The van der Waals surface area contributed by atoms with Crippen LogP contribution in [-0.2, 0) is 0 Å². The second-order valence-corrected chi connectivity index (χ2v) is 6.96. The zero-order chi connectivity index (χ0) is 21.8. The summed E-state index contributed by atoms with van der Waals surface area (Å²) in [4.78, 5) is 20.5. The van der Waals surface area contributed by atoms with E-state index in [2.05, 4.69) is 20.6 Å². The molecular formula is C23H21FN6O. The molecule has 2 aromatic heterocycles. The lowest BCUT2D eigenvalue weighted by Crippen LogP contribution is -2.23. The molecule has 0 spiro atoms. The van der Waals surface area contributed by atoms with E-state index >= 15 is 0 Å². The number of rotatable bonds is 7. The molecule has 4 rings (SSSR count). The minimum Gasteiger partial charge on any atom is -0.365 e. The average Bonchev–Trinajstić information content (AvgIpc) is 2.79. The molecule has 0 saturated heterocycles. The molecule has 0 saturated carbocycles. The maximum Gasteiger partial charge on any atom is 0.252 e. The molecule has 0 fully saturated rings. The molecular weight excluding hydrogens is 395 g/mol. The Bertz CT molecular complexity index is 1230. The number of halogens is 1. The molecule has 1 atom stereocenters. The van der Waals surface area contributed by atoms with Gasteiger partial charge in [0.1, 0.15) is 5.82 Å². The molecule has 0 bridgehead atoms. The van der Waals surface area contributed by atoms with Gasteiger partial charge in [0.2, 0.25) is 0 Å². The Hall–Kier alpha value is -4.04. The second-order valence-electron chi connectivity index (χ2n) is 6.96. The maximum atomic E-state index is 14.7. The van der Waals surface area contributed by atoms with E-state index in [1.54, 1.807) is 12.3 Å². The van der Waals surface area contributed by atoms with Gasteiger partial charge in [0.15, 0.2) is 11.6 Å². The van der Waals surface area contributed by atoms with Crippen LogP contribution in [0.4, 0.5) is 21.7 Å². The fourth-order valence-corrected chi connectivity index (χ4v) is 3.29. The molecule has 6 N–H and O–H groups in total. The van der Waals surface area contributed by atoms with Crippen molar-refractivity contribution < 1.29 is 9.18 Å². The van der Waals surface area contributed by atoms with Gasteiger partial charge in [-0.05, 0) is 35.9 Å². The zero-order valence-corrected chi connectivity index (χ0v) is 16.5. The number of anilines is 3. The van der Waals surface area contributed by atoms with Crippen molar-refractivity contribution in [2.75, 3.05) is 17.2 Å². The van der Waals surface area contributed by atoms with Gasteiger partial charge in [-0.25, -0.2) is 9.37 Å². The van der Waals surface area contributed by atoms with Gasteiger partial charge >= 0.3 is 0 Å². The van der Waals surface area contributed by atoms with Crippen LogP contribution in [0.2, 0.25) is 0 Å². The van der Waals surface area contributed by atoms with Crippen LogP contribution in [-0.4, -0.2) is 22.4 Å². The van der Waals surface area contributed by atoms with Crippen LogP contribution < -0.4 is 22.1 Å². The normalized spacial score (nSPS) is 11.8. The van der Waals surface area contributed by atoms with Gasteiger partial charge in [-0.1, -0.05) is 36.4 Å². The number of amides is 1. The van der Waals surface area contributed by atoms with Crippen molar-refractivity contribution in [1.82, 2.24) is 9.97 Å². The van der Waals surface area contributed by atoms with Gasteiger partial charge in [0.05, 0.1) is 17.1 Å². The summed E-state index contributed by atoms with van der Waals surface area (Å²) in [6, 6.07) is 19.4. The maximum absolute atomic E-state index is 14.7. The number of carbonyl (C=O) groups is 1. The molecule has 2 heterocycles.